The number of carbonyl (C=O) groups is 1. The fraction of sp³-hybridized carbons (Fsp3) is 0.476. The molecule has 148 valence electrons. The lowest BCUT2D eigenvalue weighted by atomic mass is 9.89. The van der Waals surface area contributed by atoms with E-state index in [0.29, 0.717) is 47.0 Å². The maximum Gasteiger partial charge on any atom is 0.314 e. The summed E-state index contributed by atoms with van der Waals surface area (Å²) in [5, 5.41) is 20.0. The summed E-state index contributed by atoms with van der Waals surface area (Å²) in [4.78, 5) is 25.3. The van der Waals surface area contributed by atoms with Crippen LogP contribution in [0.4, 0.5) is 0 Å². The highest BCUT2D eigenvalue weighted by Crippen LogP contribution is 2.49. The molecule has 0 amide bonds. The Morgan fingerprint density at radius 1 is 1.36 bits per heavy atom. The van der Waals surface area contributed by atoms with Crippen LogP contribution in [0, 0.1) is 18.3 Å². The third-order valence-electron chi connectivity index (χ3n) is 5.52. The third-order valence-corrected chi connectivity index (χ3v) is 7.22. The zero-order valence-corrected chi connectivity index (χ0v) is 17.8. The summed E-state index contributed by atoms with van der Waals surface area (Å²) in [5.74, 6) is -0.979. The van der Waals surface area contributed by atoms with Gasteiger partial charge >= 0.3 is 5.97 Å². The molecule has 3 rings (SSSR count). The number of hydrogen-bond donors (Lipinski definition) is 1. The quantitative estimate of drug-likeness (QED) is 0.568. The minimum Gasteiger partial charge on any atom is -0.481 e. The highest BCUT2D eigenvalue weighted by atomic mass is 28.3. The molecule has 1 aromatic carbocycles. The van der Waals surface area contributed by atoms with Crippen molar-refractivity contribution in [3.63, 3.8) is 0 Å². The number of nitrogens with zero attached hydrogens (tertiary/aromatic N) is 2. The number of pyridine rings is 1. The third kappa shape index (κ3) is 3.50. The summed E-state index contributed by atoms with van der Waals surface area (Å²) >= 11 is 0. The van der Waals surface area contributed by atoms with Gasteiger partial charge in [0.25, 0.3) is 5.56 Å². The molecule has 0 aliphatic heterocycles. The number of fused-ring (bicyclic) bond motifs is 1. The zero-order valence-electron chi connectivity index (χ0n) is 16.8. The second-order valence-corrected chi connectivity index (χ2v) is 14.4. The van der Waals surface area contributed by atoms with Gasteiger partial charge in [0.2, 0.25) is 0 Å². The number of aryl methyl sites for hydroxylation is 1. The SMILES string of the molecule is Cc1c(C2(C(=O)O)CC2)c(=O)n(COCC[Si](C)(C)C)c2cccc(C#N)c12. The molecule has 7 heteroatoms. The van der Waals surface area contributed by atoms with Crippen LogP contribution in [0.5, 0.6) is 0 Å². The van der Waals surface area contributed by atoms with E-state index in [1.165, 1.54) is 4.57 Å². The average Bonchev–Trinajstić information content (AvgIpc) is 3.41. The summed E-state index contributed by atoms with van der Waals surface area (Å²) in [7, 11) is -1.27. The standard InChI is InChI=1S/C21H26N2O4Si/c1-14-17-15(12-22)6-5-7-16(17)23(13-27-10-11-28(2,3)4)19(24)18(14)21(8-9-21)20(25)26/h5-7H,8-11,13H2,1-4H3,(H,25,26). The fourth-order valence-corrected chi connectivity index (χ4v) is 4.46. The van der Waals surface area contributed by atoms with Crippen LogP contribution in [0.25, 0.3) is 10.9 Å². The van der Waals surface area contributed by atoms with E-state index in [4.69, 9.17) is 4.74 Å². The smallest absolute Gasteiger partial charge is 0.314 e. The van der Waals surface area contributed by atoms with Crippen LogP contribution in [0.1, 0.15) is 29.5 Å². The molecule has 1 N–H and O–H groups in total. The Bertz CT molecular complexity index is 1040. The maximum atomic E-state index is 13.3. The van der Waals surface area contributed by atoms with Crippen molar-refractivity contribution >= 4 is 24.9 Å². The number of nitriles is 1. The van der Waals surface area contributed by atoms with Crippen LogP contribution in [-0.2, 0) is 21.7 Å². The lowest BCUT2D eigenvalue weighted by Gasteiger charge is -2.21. The van der Waals surface area contributed by atoms with Crippen molar-refractivity contribution in [1.29, 1.82) is 5.26 Å². The van der Waals surface area contributed by atoms with Crippen molar-refractivity contribution in [3.05, 3.63) is 45.2 Å². The Balaban J connectivity index is 2.16. The first-order chi connectivity index (χ1) is 13.1. The largest absolute Gasteiger partial charge is 0.481 e. The van der Waals surface area contributed by atoms with E-state index < -0.39 is 19.5 Å². The summed E-state index contributed by atoms with van der Waals surface area (Å²) in [6, 6.07) is 8.37. The van der Waals surface area contributed by atoms with E-state index in [1.54, 1.807) is 25.1 Å². The number of ether oxygens (including phenoxy) is 1. The Labute approximate surface area is 165 Å². The highest BCUT2D eigenvalue weighted by Gasteiger charge is 2.54. The van der Waals surface area contributed by atoms with Crippen molar-refractivity contribution in [1.82, 2.24) is 4.57 Å². The lowest BCUT2D eigenvalue weighted by molar-refractivity contribution is -0.140. The van der Waals surface area contributed by atoms with E-state index in [0.717, 1.165) is 6.04 Å². The number of aliphatic carboxylic acids is 1. The molecular weight excluding hydrogens is 372 g/mol. The zero-order chi connectivity index (χ0) is 20.7. The molecule has 1 aliphatic carbocycles. The van der Waals surface area contributed by atoms with Crippen LogP contribution in [0.2, 0.25) is 25.7 Å². The van der Waals surface area contributed by atoms with Gasteiger partial charge in [0.1, 0.15) is 6.73 Å². The molecule has 0 atom stereocenters. The number of aromatic nitrogens is 1. The molecule has 1 fully saturated rings. The van der Waals surface area contributed by atoms with Crippen LogP contribution in [0.3, 0.4) is 0 Å². The first-order valence-electron chi connectivity index (χ1n) is 9.50. The molecule has 0 bridgehead atoms. The second-order valence-electron chi connectivity index (χ2n) is 8.78. The van der Waals surface area contributed by atoms with E-state index in [2.05, 4.69) is 25.7 Å². The molecule has 1 aliphatic rings. The van der Waals surface area contributed by atoms with Crippen molar-refractivity contribution in [3.8, 4) is 6.07 Å². The van der Waals surface area contributed by atoms with Gasteiger partial charge in [-0.25, -0.2) is 0 Å². The summed E-state index contributed by atoms with van der Waals surface area (Å²) in [6.45, 7) is 9.12. The van der Waals surface area contributed by atoms with E-state index in [1.807, 2.05) is 0 Å². The van der Waals surface area contributed by atoms with Crippen LogP contribution in [0.15, 0.2) is 23.0 Å². The predicted octanol–water partition coefficient (Wildman–Crippen LogP) is 3.61. The molecule has 2 aromatic rings. The van der Waals surface area contributed by atoms with Crippen molar-refractivity contribution in [2.24, 2.45) is 0 Å². The van der Waals surface area contributed by atoms with Crippen LogP contribution >= 0.6 is 0 Å². The van der Waals surface area contributed by atoms with Gasteiger partial charge in [0.05, 0.1) is 22.6 Å². The minimum absolute atomic E-state index is 0.0532. The van der Waals surface area contributed by atoms with Gasteiger partial charge in [-0.2, -0.15) is 5.26 Å². The minimum atomic E-state index is -1.27. The van der Waals surface area contributed by atoms with E-state index in [-0.39, 0.29) is 12.3 Å². The van der Waals surface area contributed by atoms with Gasteiger partial charge in [-0.05, 0) is 43.5 Å². The Hall–Kier alpha value is -2.43. The average molecular weight is 399 g/mol. The molecule has 6 nitrogen and oxygen atoms in total. The van der Waals surface area contributed by atoms with Crippen LogP contribution in [-0.4, -0.2) is 30.3 Å². The molecular formula is C21H26N2O4Si. The van der Waals surface area contributed by atoms with E-state index >= 15 is 0 Å². The number of rotatable bonds is 7. The van der Waals surface area contributed by atoms with Crippen molar-refractivity contribution < 1.29 is 14.6 Å². The normalized spacial score (nSPS) is 15.4. The number of carboxylic acid groups (broad SMARTS) is 1. The van der Waals surface area contributed by atoms with Crippen molar-refractivity contribution in [2.45, 2.75) is 57.6 Å². The summed E-state index contributed by atoms with van der Waals surface area (Å²) in [6.07, 6.45) is 0.879. The first-order valence-corrected chi connectivity index (χ1v) is 13.2. The molecule has 0 saturated heterocycles. The van der Waals surface area contributed by atoms with Crippen LogP contribution < -0.4 is 5.56 Å². The molecule has 0 radical (unpaired) electrons. The van der Waals surface area contributed by atoms with Gasteiger partial charge in [0, 0.05) is 25.6 Å². The molecule has 1 heterocycles. The van der Waals surface area contributed by atoms with Crippen molar-refractivity contribution in [2.75, 3.05) is 6.61 Å². The first kappa shape index (κ1) is 20.3. The van der Waals surface area contributed by atoms with Gasteiger partial charge in [-0.3, -0.25) is 14.2 Å². The monoisotopic (exact) mass is 398 g/mol. The number of benzene rings is 1. The predicted molar refractivity (Wildman–Crippen MR) is 110 cm³/mol. The van der Waals surface area contributed by atoms with Gasteiger partial charge in [-0.15, -0.1) is 0 Å². The Morgan fingerprint density at radius 2 is 2.04 bits per heavy atom. The maximum absolute atomic E-state index is 13.3. The molecule has 0 spiro atoms. The molecule has 1 saturated carbocycles. The van der Waals surface area contributed by atoms with Gasteiger partial charge in [-0.1, -0.05) is 25.7 Å². The lowest BCUT2D eigenvalue weighted by Crippen LogP contribution is -2.35. The topological polar surface area (TPSA) is 92.3 Å². The summed E-state index contributed by atoms with van der Waals surface area (Å²) < 4.78 is 7.31. The van der Waals surface area contributed by atoms with E-state index in [9.17, 15) is 20.0 Å². The Morgan fingerprint density at radius 3 is 2.57 bits per heavy atom. The Kier molecular flexibility index (Phi) is 5.21. The molecule has 28 heavy (non-hydrogen) atoms. The highest BCUT2D eigenvalue weighted by molar-refractivity contribution is 6.76. The molecule has 0 unspecified atom stereocenters. The fourth-order valence-electron chi connectivity index (χ4n) is 3.70. The van der Waals surface area contributed by atoms with Gasteiger partial charge < -0.3 is 9.84 Å². The molecule has 1 aromatic heterocycles. The number of hydrogen-bond acceptors (Lipinski definition) is 4. The van der Waals surface area contributed by atoms with Gasteiger partial charge in [0.15, 0.2) is 0 Å². The summed E-state index contributed by atoms with van der Waals surface area (Å²) in [5.41, 5.74) is 0.470. The number of carboxylic acids is 1. The second kappa shape index (κ2) is 7.19.